The minimum Gasteiger partial charge on any atom is -0.355 e. The first-order valence-corrected chi connectivity index (χ1v) is 10.5. The Morgan fingerprint density at radius 1 is 0.724 bits per heavy atom. The maximum atomic E-state index is 12.7. The van der Waals surface area contributed by atoms with Gasteiger partial charge in [-0.15, -0.1) is 0 Å². The fraction of sp³-hybridized carbons (Fsp3) is 0.440. The maximum Gasteiger partial charge on any atom is 0.227 e. The molecule has 2 aromatic rings. The van der Waals surface area contributed by atoms with E-state index >= 15 is 0 Å². The average Bonchev–Trinajstić information content (AvgIpc) is 2.74. The number of carbonyl (C=O) groups excluding carboxylic acids is 2. The molecule has 4 nitrogen and oxygen atoms in total. The van der Waals surface area contributed by atoms with Crippen molar-refractivity contribution in [3.8, 4) is 0 Å². The van der Waals surface area contributed by atoms with Gasteiger partial charge in [-0.1, -0.05) is 88.4 Å². The van der Waals surface area contributed by atoms with Crippen molar-refractivity contribution in [3.05, 3.63) is 71.8 Å². The quantitative estimate of drug-likeness (QED) is 0.617. The summed E-state index contributed by atoms with van der Waals surface area (Å²) in [6.45, 7) is 9.18. The Kier molecular flexibility index (Phi) is 8.44. The predicted molar refractivity (Wildman–Crippen MR) is 119 cm³/mol. The van der Waals surface area contributed by atoms with Gasteiger partial charge in [0.2, 0.25) is 11.8 Å². The molecular weight excluding hydrogens is 360 g/mol. The molecule has 0 aliphatic carbocycles. The highest BCUT2D eigenvalue weighted by atomic mass is 16.2. The SMILES string of the molecule is CC[C@@H](C(=O)NCC(C)(C)CNC(=O)[C@H](CC)c1ccccc1)c1ccccc1. The van der Waals surface area contributed by atoms with Crippen LogP contribution in [0, 0.1) is 5.41 Å². The molecule has 0 radical (unpaired) electrons. The van der Waals surface area contributed by atoms with Crippen molar-refractivity contribution in [2.24, 2.45) is 5.41 Å². The van der Waals surface area contributed by atoms with E-state index < -0.39 is 0 Å². The van der Waals surface area contributed by atoms with Gasteiger partial charge < -0.3 is 10.6 Å². The topological polar surface area (TPSA) is 58.2 Å². The Morgan fingerprint density at radius 3 is 1.38 bits per heavy atom. The molecule has 2 atom stereocenters. The molecule has 0 heterocycles. The number of nitrogens with one attached hydrogen (secondary N) is 2. The van der Waals surface area contributed by atoms with Gasteiger partial charge in [0.05, 0.1) is 11.8 Å². The zero-order valence-electron chi connectivity index (χ0n) is 18.1. The van der Waals surface area contributed by atoms with Crippen LogP contribution in [0.4, 0.5) is 0 Å². The lowest BCUT2D eigenvalue weighted by molar-refractivity contribution is -0.123. The van der Waals surface area contributed by atoms with Gasteiger partial charge in [0.25, 0.3) is 0 Å². The second-order valence-corrected chi connectivity index (χ2v) is 8.34. The van der Waals surface area contributed by atoms with Crippen molar-refractivity contribution in [1.29, 1.82) is 0 Å². The smallest absolute Gasteiger partial charge is 0.227 e. The van der Waals surface area contributed by atoms with E-state index in [2.05, 4.69) is 24.5 Å². The molecule has 0 aliphatic heterocycles. The van der Waals surface area contributed by atoms with Crippen molar-refractivity contribution in [2.45, 2.75) is 52.4 Å². The van der Waals surface area contributed by atoms with Gasteiger partial charge in [-0.2, -0.15) is 0 Å². The third-order valence-electron chi connectivity index (χ3n) is 5.34. The molecule has 2 rings (SSSR count). The summed E-state index contributed by atoms with van der Waals surface area (Å²) in [7, 11) is 0. The predicted octanol–water partition coefficient (Wildman–Crippen LogP) is 4.63. The Labute approximate surface area is 175 Å². The van der Waals surface area contributed by atoms with Crippen LogP contribution in [-0.4, -0.2) is 24.9 Å². The van der Waals surface area contributed by atoms with Gasteiger partial charge >= 0.3 is 0 Å². The van der Waals surface area contributed by atoms with Crippen LogP contribution in [0.3, 0.4) is 0 Å². The van der Waals surface area contributed by atoms with Crippen molar-refractivity contribution in [1.82, 2.24) is 10.6 Å². The van der Waals surface area contributed by atoms with Gasteiger partial charge in [0.15, 0.2) is 0 Å². The van der Waals surface area contributed by atoms with Crippen molar-refractivity contribution < 1.29 is 9.59 Å². The Balaban J connectivity index is 1.89. The Morgan fingerprint density at radius 2 is 1.07 bits per heavy atom. The molecule has 0 aliphatic rings. The lowest BCUT2D eigenvalue weighted by Gasteiger charge is -2.27. The molecule has 0 bridgehead atoms. The van der Waals surface area contributed by atoms with Crippen LogP contribution in [0.25, 0.3) is 0 Å². The second-order valence-electron chi connectivity index (χ2n) is 8.34. The van der Waals surface area contributed by atoms with E-state index in [-0.39, 0.29) is 29.1 Å². The van der Waals surface area contributed by atoms with Gasteiger partial charge in [0.1, 0.15) is 0 Å². The number of benzene rings is 2. The molecule has 29 heavy (non-hydrogen) atoms. The van der Waals surface area contributed by atoms with Crippen LogP contribution < -0.4 is 10.6 Å². The zero-order chi connectivity index (χ0) is 21.3. The van der Waals surface area contributed by atoms with E-state index in [4.69, 9.17) is 0 Å². The molecule has 0 saturated carbocycles. The number of amides is 2. The molecule has 2 aromatic carbocycles. The van der Waals surface area contributed by atoms with E-state index in [1.54, 1.807) is 0 Å². The summed E-state index contributed by atoms with van der Waals surface area (Å²) < 4.78 is 0. The summed E-state index contributed by atoms with van der Waals surface area (Å²) in [6, 6.07) is 19.7. The first-order valence-electron chi connectivity index (χ1n) is 10.5. The lowest BCUT2D eigenvalue weighted by Crippen LogP contribution is -2.44. The van der Waals surface area contributed by atoms with Crippen LogP contribution in [0.1, 0.15) is 63.5 Å². The van der Waals surface area contributed by atoms with Gasteiger partial charge in [-0.05, 0) is 29.4 Å². The summed E-state index contributed by atoms with van der Waals surface area (Å²) >= 11 is 0. The average molecular weight is 395 g/mol. The van der Waals surface area contributed by atoms with E-state index in [0.717, 1.165) is 24.0 Å². The molecule has 2 N–H and O–H groups in total. The van der Waals surface area contributed by atoms with Gasteiger partial charge in [-0.25, -0.2) is 0 Å². The van der Waals surface area contributed by atoms with E-state index in [9.17, 15) is 9.59 Å². The summed E-state index contributed by atoms with van der Waals surface area (Å²) in [5.74, 6) is -0.226. The lowest BCUT2D eigenvalue weighted by atomic mass is 9.90. The third-order valence-corrected chi connectivity index (χ3v) is 5.34. The fourth-order valence-corrected chi connectivity index (χ4v) is 3.48. The highest BCUT2D eigenvalue weighted by Gasteiger charge is 2.25. The van der Waals surface area contributed by atoms with Crippen molar-refractivity contribution >= 4 is 11.8 Å². The third kappa shape index (κ3) is 6.74. The monoisotopic (exact) mass is 394 g/mol. The zero-order valence-corrected chi connectivity index (χ0v) is 18.1. The minimum absolute atomic E-state index is 0.0359. The van der Waals surface area contributed by atoms with Crippen LogP contribution in [-0.2, 0) is 9.59 Å². The van der Waals surface area contributed by atoms with Crippen molar-refractivity contribution in [3.63, 3.8) is 0 Å². The highest BCUT2D eigenvalue weighted by Crippen LogP contribution is 2.22. The maximum absolute atomic E-state index is 12.7. The van der Waals surface area contributed by atoms with Crippen LogP contribution in [0.5, 0.6) is 0 Å². The van der Waals surface area contributed by atoms with Crippen LogP contribution >= 0.6 is 0 Å². The largest absolute Gasteiger partial charge is 0.355 e. The van der Waals surface area contributed by atoms with Gasteiger partial charge in [-0.3, -0.25) is 9.59 Å². The van der Waals surface area contributed by atoms with Crippen molar-refractivity contribution in [2.75, 3.05) is 13.1 Å². The molecule has 0 aromatic heterocycles. The first-order chi connectivity index (χ1) is 13.9. The van der Waals surface area contributed by atoms with Crippen LogP contribution in [0.2, 0.25) is 0 Å². The first kappa shape index (κ1) is 22.7. The molecule has 4 heteroatoms. The number of carbonyl (C=O) groups is 2. The minimum atomic E-state index is -0.241. The summed E-state index contributed by atoms with van der Waals surface area (Å²) in [4.78, 5) is 25.4. The normalized spacial score (nSPS) is 13.4. The summed E-state index contributed by atoms with van der Waals surface area (Å²) in [5, 5.41) is 6.16. The molecule has 0 spiro atoms. The molecule has 0 fully saturated rings. The van der Waals surface area contributed by atoms with E-state index in [1.807, 2.05) is 74.5 Å². The molecule has 156 valence electrons. The fourth-order valence-electron chi connectivity index (χ4n) is 3.48. The number of hydrogen-bond acceptors (Lipinski definition) is 2. The number of rotatable bonds is 10. The Hall–Kier alpha value is -2.62. The summed E-state index contributed by atoms with van der Waals surface area (Å²) in [5.41, 5.74) is 1.83. The van der Waals surface area contributed by atoms with Gasteiger partial charge in [0, 0.05) is 13.1 Å². The van der Waals surface area contributed by atoms with E-state index in [0.29, 0.717) is 13.1 Å². The summed E-state index contributed by atoms with van der Waals surface area (Å²) in [6.07, 6.45) is 1.50. The molecule has 2 amide bonds. The van der Waals surface area contributed by atoms with Crippen LogP contribution in [0.15, 0.2) is 60.7 Å². The Bertz CT molecular complexity index is 706. The van der Waals surface area contributed by atoms with E-state index in [1.165, 1.54) is 0 Å². The molecule has 0 saturated heterocycles. The molecule has 0 unspecified atom stereocenters. The second kappa shape index (κ2) is 10.8. The number of hydrogen-bond donors (Lipinski definition) is 2. The highest BCUT2D eigenvalue weighted by molar-refractivity contribution is 5.84. The molecular formula is C25H34N2O2. The standard InChI is InChI=1S/C25H34N2O2/c1-5-21(19-13-9-7-10-14-19)23(28)26-17-25(3,4)18-27-24(29)22(6-2)20-15-11-8-12-16-20/h7-16,21-22H,5-6,17-18H2,1-4H3,(H,26,28)(H,27,29)/t21-,22-/m1/s1.